The van der Waals surface area contributed by atoms with Gasteiger partial charge in [-0.1, -0.05) is 24.6 Å². The first-order chi connectivity index (χ1) is 14.1. The number of anilines is 1. The zero-order chi connectivity index (χ0) is 20.4. The number of hydrogen-bond donors (Lipinski definition) is 0. The molecule has 4 rings (SSSR count). The van der Waals surface area contributed by atoms with Gasteiger partial charge in [0.25, 0.3) is 5.91 Å². The second-order valence-corrected chi connectivity index (χ2v) is 9.28. The molecule has 0 unspecified atom stereocenters. The van der Waals surface area contributed by atoms with Gasteiger partial charge >= 0.3 is 0 Å². The van der Waals surface area contributed by atoms with Crippen LogP contribution in [0, 0.1) is 0 Å². The van der Waals surface area contributed by atoms with Gasteiger partial charge in [0.05, 0.1) is 11.5 Å². The summed E-state index contributed by atoms with van der Waals surface area (Å²) in [5.74, 6) is 1.73. The highest BCUT2D eigenvalue weighted by atomic mass is 35.5. The van der Waals surface area contributed by atoms with Gasteiger partial charge in [-0.3, -0.25) is 4.79 Å². The van der Waals surface area contributed by atoms with Crippen LogP contribution in [0.4, 0.5) is 5.69 Å². The van der Waals surface area contributed by atoms with E-state index in [1.54, 1.807) is 23.1 Å². The van der Waals surface area contributed by atoms with Crippen molar-refractivity contribution in [3.8, 4) is 16.2 Å². The Morgan fingerprint density at radius 3 is 2.66 bits per heavy atom. The normalized spacial score (nSPS) is 12.2. The molecule has 0 atom stereocenters. The van der Waals surface area contributed by atoms with Gasteiger partial charge in [0, 0.05) is 38.3 Å². The maximum Gasteiger partial charge on any atom is 0.268 e. The molecule has 6 heteroatoms. The summed E-state index contributed by atoms with van der Waals surface area (Å²) in [5.41, 5.74) is 3.29. The van der Waals surface area contributed by atoms with E-state index >= 15 is 0 Å². The van der Waals surface area contributed by atoms with E-state index in [1.807, 2.05) is 48.2 Å². The highest BCUT2D eigenvalue weighted by Gasteiger charge is 2.25. The highest BCUT2D eigenvalue weighted by Crippen LogP contribution is 2.46. The van der Waals surface area contributed by atoms with E-state index in [0.29, 0.717) is 13.2 Å². The van der Waals surface area contributed by atoms with Crippen LogP contribution in [-0.4, -0.2) is 19.1 Å². The third-order valence-electron chi connectivity index (χ3n) is 4.74. The molecule has 0 saturated carbocycles. The fourth-order valence-corrected chi connectivity index (χ4v) is 6.06. The van der Waals surface area contributed by atoms with Crippen LogP contribution in [-0.2, 0) is 5.75 Å². The van der Waals surface area contributed by atoms with E-state index in [1.165, 1.54) is 20.9 Å². The lowest BCUT2D eigenvalue weighted by Gasteiger charge is -2.22. The molecule has 1 aliphatic heterocycles. The summed E-state index contributed by atoms with van der Waals surface area (Å²) < 4.78 is 5.53. The van der Waals surface area contributed by atoms with Gasteiger partial charge in [-0.05, 0) is 61.4 Å². The molecular weight excluding hydrogens is 422 g/mol. The molecule has 3 aromatic rings. The first-order valence-electron chi connectivity index (χ1n) is 9.70. The Morgan fingerprint density at radius 1 is 1.14 bits per heavy atom. The third kappa shape index (κ3) is 4.18. The summed E-state index contributed by atoms with van der Waals surface area (Å²) in [4.78, 5) is 18.4. The minimum absolute atomic E-state index is 0.0518. The Hall–Kier alpha value is -1.95. The smallest absolute Gasteiger partial charge is 0.268 e. The number of nitrogens with zero attached hydrogens (tertiary/aromatic N) is 1. The van der Waals surface area contributed by atoms with E-state index in [-0.39, 0.29) is 5.91 Å². The summed E-state index contributed by atoms with van der Waals surface area (Å²) in [7, 11) is 0. The summed E-state index contributed by atoms with van der Waals surface area (Å²) >= 11 is 9.51. The molecule has 2 heterocycles. The summed E-state index contributed by atoms with van der Waals surface area (Å²) in [6.07, 6.45) is 0.890. The number of amides is 1. The van der Waals surface area contributed by atoms with Gasteiger partial charge in [0.2, 0.25) is 0 Å². The number of ether oxygens (including phenoxy) is 1. The lowest BCUT2D eigenvalue weighted by molar-refractivity contribution is 0.0990. The monoisotopic (exact) mass is 443 g/mol. The van der Waals surface area contributed by atoms with E-state index < -0.39 is 0 Å². The Bertz CT molecular complexity index is 1030. The zero-order valence-corrected chi connectivity index (χ0v) is 18.8. The number of halogens is 1. The second-order valence-electron chi connectivity index (χ2n) is 6.78. The van der Waals surface area contributed by atoms with Gasteiger partial charge in [0.1, 0.15) is 5.75 Å². The molecule has 1 amide bonds. The molecule has 150 valence electrons. The second kappa shape index (κ2) is 8.82. The summed E-state index contributed by atoms with van der Waals surface area (Å²) in [6.45, 7) is 5.35. The topological polar surface area (TPSA) is 29.5 Å². The van der Waals surface area contributed by atoms with Gasteiger partial charge in [-0.25, -0.2) is 0 Å². The summed E-state index contributed by atoms with van der Waals surface area (Å²) in [6, 6.07) is 15.8. The minimum Gasteiger partial charge on any atom is -0.494 e. The number of carbonyl (C=O) groups is 1. The molecule has 0 bridgehead atoms. The molecule has 0 aliphatic carbocycles. The van der Waals surface area contributed by atoms with Gasteiger partial charge < -0.3 is 9.64 Å². The van der Waals surface area contributed by atoms with Crippen LogP contribution in [0.2, 0.25) is 5.02 Å². The van der Waals surface area contributed by atoms with Crippen molar-refractivity contribution in [3.05, 3.63) is 64.0 Å². The average Bonchev–Trinajstić information content (AvgIpc) is 3.17. The SMILES string of the molecule is CCCN(C(=O)c1cc2c(s1)-c1ccc(Cl)cc1SC2)c1ccc(OCC)cc1. The summed E-state index contributed by atoms with van der Waals surface area (Å²) in [5, 5.41) is 0.747. The molecule has 1 aliphatic rings. The van der Waals surface area contributed by atoms with E-state index in [0.717, 1.165) is 33.5 Å². The minimum atomic E-state index is 0.0518. The van der Waals surface area contributed by atoms with Crippen molar-refractivity contribution in [3.63, 3.8) is 0 Å². The predicted octanol–water partition coefficient (Wildman–Crippen LogP) is 7.13. The number of benzene rings is 2. The molecule has 1 aromatic heterocycles. The number of thioether (sulfide) groups is 1. The van der Waals surface area contributed by atoms with Crippen molar-refractivity contribution in [2.45, 2.75) is 30.9 Å². The Labute approximate surface area is 184 Å². The standard InChI is InChI=1S/C23H22ClNO2S2/c1-3-11-25(17-6-8-18(9-7-17)27-4-2)23(26)21-12-15-14-28-20-13-16(24)5-10-19(20)22(15)29-21/h5-10,12-13H,3-4,11,14H2,1-2H3. The molecular formula is C23H22ClNO2S2. The molecule has 29 heavy (non-hydrogen) atoms. The number of thiophene rings is 1. The quantitative estimate of drug-likeness (QED) is 0.405. The van der Waals surface area contributed by atoms with Gasteiger partial charge in [0.15, 0.2) is 0 Å². The number of fused-ring (bicyclic) bond motifs is 3. The molecule has 0 spiro atoms. The van der Waals surface area contributed by atoms with E-state index in [4.69, 9.17) is 16.3 Å². The van der Waals surface area contributed by atoms with Crippen LogP contribution in [0.15, 0.2) is 53.4 Å². The maximum atomic E-state index is 13.4. The van der Waals surface area contributed by atoms with Gasteiger partial charge in [-0.2, -0.15) is 0 Å². The van der Waals surface area contributed by atoms with Crippen molar-refractivity contribution >= 4 is 46.3 Å². The van der Waals surface area contributed by atoms with Crippen LogP contribution >= 0.6 is 34.7 Å². The Kier molecular flexibility index (Phi) is 6.18. The molecule has 3 nitrogen and oxygen atoms in total. The van der Waals surface area contributed by atoms with Crippen molar-refractivity contribution in [1.29, 1.82) is 0 Å². The van der Waals surface area contributed by atoms with Crippen LogP contribution < -0.4 is 9.64 Å². The average molecular weight is 444 g/mol. The van der Waals surface area contributed by atoms with Crippen LogP contribution in [0.25, 0.3) is 10.4 Å². The predicted molar refractivity (Wildman–Crippen MR) is 124 cm³/mol. The fourth-order valence-electron chi connectivity index (χ4n) is 3.42. The number of rotatable bonds is 6. The molecule has 2 aromatic carbocycles. The lowest BCUT2D eigenvalue weighted by atomic mass is 10.1. The first kappa shape index (κ1) is 20.3. The first-order valence-corrected chi connectivity index (χ1v) is 11.9. The molecule has 0 N–H and O–H groups in total. The van der Waals surface area contributed by atoms with E-state index in [2.05, 4.69) is 19.1 Å². The molecule has 0 fully saturated rings. The maximum absolute atomic E-state index is 13.4. The Balaban J connectivity index is 1.65. The van der Waals surface area contributed by atoms with Crippen LogP contribution in [0.3, 0.4) is 0 Å². The van der Waals surface area contributed by atoms with Crippen LogP contribution in [0.1, 0.15) is 35.5 Å². The van der Waals surface area contributed by atoms with Crippen molar-refractivity contribution in [1.82, 2.24) is 0 Å². The van der Waals surface area contributed by atoms with Crippen molar-refractivity contribution in [2.75, 3.05) is 18.1 Å². The Morgan fingerprint density at radius 2 is 1.93 bits per heavy atom. The number of hydrogen-bond acceptors (Lipinski definition) is 4. The van der Waals surface area contributed by atoms with E-state index in [9.17, 15) is 4.79 Å². The largest absolute Gasteiger partial charge is 0.494 e. The molecule has 0 saturated heterocycles. The van der Waals surface area contributed by atoms with Crippen molar-refractivity contribution in [2.24, 2.45) is 0 Å². The number of carbonyl (C=O) groups excluding carboxylic acids is 1. The van der Waals surface area contributed by atoms with Crippen molar-refractivity contribution < 1.29 is 9.53 Å². The third-order valence-corrected chi connectivity index (χ3v) is 7.28. The zero-order valence-electron chi connectivity index (χ0n) is 16.4. The van der Waals surface area contributed by atoms with Gasteiger partial charge in [-0.15, -0.1) is 23.1 Å². The van der Waals surface area contributed by atoms with Crippen LogP contribution in [0.5, 0.6) is 5.75 Å². The highest BCUT2D eigenvalue weighted by molar-refractivity contribution is 7.98. The lowest BCUT2D eigenvalue weighted by Crippen LogP contribution is -2.31. The fraction of sp³-hybridized carbons (Fsp3) is 0.261. The molecule has 0 radical (unpaired) electrons.